The van der Waals surface area contributed by atoms with Crippen molar-refractivity contribution in [3.05, 3.63) is 65.2 Å². The van der Waals surface area contributed by atoms with Crippen molar-refractivity contribution < 1.29 is 32.3 Å². The topological polar surface area (TPSA) is 72.5 Å². The lowest BCUT2D eigenvalue weighted by molar-refractivity contribution is -0.137. The molecular weight excluding hydrogens is 351 g/mol. The number of alkyl halides is 3. The molecule has 0 unspecified atom stereocenters. The van der Waals surface area contributed by atoms with Gasteiger partial charge in [-0.25, -0.2) is 4.79 Å². The maximum atomic E-state index is 12.5. The fourth-order valence-corrected chi connectivity index (χ4v) is 1.97. The van der Waals surface area contributed by atoms with E-state index in [2.05, 4.69) is 5.32 Å². The predicted octanol–water partition coefficient (Wildman–Crippen LogP) is 3.70. The minimum atomic E-state index is -4.47. The lowest BCUT2D eigenvalue weighted by atomic mass is 10.1. The molecule has 0 aliphatic heterocycles. The van der Waals surface area contributed by atoms with Crippen molar-refractivity contribution >= 4 is 23.9 Å². The molecule has 1 N–H and O–H groups in total. The molecule has 1 amide bonds. The number of aldehydes is 1. The van der Waals surface area contributed by atoms with Gasteiger partial charge in [0.1, 0.15) is 6.29 Å². The van der Waals surface area contributed by atoms with Crippen molar-refractivity contribution in [3.8, 4) is 0 Å². The normalized spacial score (nSPS) is 12.2. The minimum Gasteiger partial charge on any atom is -0.449 e. The van der Waals surface area contributed by atoms with Crippen LogP contribution in [0.15, 0.2) is 48.5 Å². The van der Waals surface area contributed by atoms with Crippen LogP contribution in [0.4, 0.5) is 18.9 Å². The van der Waals surface area contributed by atoms with E-state index in [9.17, 15) is 27.6 Å². The van der Waals surface area contributed by atoms with Crippen LogP contribution in [0.25, 0.3) is 0 Å². The SMILES string of the molecule is C[C@H](OC(=O)c1ccc(C=O)cc1)C(=O)Nc1ccc(C(F)(F)F)cc1. The summed E-state index contributed by atoms with van der Waals surface area (Å²) < 4.78 is 42.5. The second kappa shape index (κ2) is 7.81. The first kappa shape index (κ1) is 19.2. The van der Waals surface area contributed by atoms with Gasteiger partial charge in [-0.15, -0.1) is 0 Å². The number of rotatable bonds is 5. The Labute approximate surface area is 146 Å². The van der Waals surface area contributed by atoms with Gasteiger partial charge in [-0.1, -0.05) is 12.1 Å². The number of amides is 1. The molecule has 2 aromatic rings. The third-order valence-corrected chi connectivity index (χ3v) is 3.42. The fraction of sp³-hybridized carbons (Fsp3) is 0.167. The first-order valence-corrected chi connectivity index (χ1v) is 7.45. The number of hydrogen-bond acceptors (Lipinski definition) is 4. The Kier molecular flexibility index (Phi) is 5.76. The van der Waals surface area contributed by atoms with Crippen molar-refractivity contribution in [1.29, 1.82) is 0 Å². The molecule has 2 aromatic carbocycles. The van der Waals surface area contributed by atoms with E-state index in [-0.39, 0.29) is 11.3 Å². The number of hydrogen-bond donors (Lipinski definition) is 1. The zero-order valence-corrected chi connectivity index (χ0v) is 13.5. The number of halogens is 3. The molecule has 0 aliphatic carbocycles. The highest BCUT2D eigenvalue weighted by Gasteiger charge is 2.30. The molecule has 0 spiro atoms. The molecule has 5 nitrogen and oxygen atoms in total. The van der Waals surface area contributed by atoms with Gasteiger partial charge in [0.2, 0.25) is 0 Å². The first-order chi connectivity index (χ1) is 12.2. The largest absolute Gasteiger partial charge is 0.449 e. The molecule has 0 saturated heterocycles. The van der Waals surface area contributed by atoms with Crippen molar-refractivity contribution in [1.82, 2.24) is 0 Å². The van der Waals surface area contributed by atoms with E-state index in [1.807, 2.05) is 0 Å². The molecule has 2 rings (SSSR count). The van der Waals surface area contributed by atoms with E-state index in [4.69, 9.17) is 4.74 Å². The highest BCUT2D eigenvalue weighted by Crippen LogP contribution is 2.29. The highest BCUT2D eigenvalue weighted by molar-refractivity contribution is 5.97. The van der Waals surface area contributed by atoms with E-state index in [1.54, 1.807) is 0 Å². The fourth-order valence-electron chi connectivity index (χ4n) is 1.97. The van der Waals surface area contributed by atoms with Crippen molar-refractivity contribution in [2.24, 2.45) is 0 Å². The molecule has 0 radical (unpaired) electrons. The number of ether oxygens (including phenoxy) is 1. The minimum absolute atomic E-state index is 0.140. The maximum Gasteiger partial charge on any atom is 0.416 e. The number of benzene rings is 2. The Balaban J connectivity index is 1.96. The molecule has 8 heteroatoms. The van der Waals surface area contributed by atoms with Crippen LogP contribution in [0.1, 0.15) is 33.2 Å². The summed E-state index contributed by atoms with van der Waals surface area (Å²) in [6, 6.07) is 9.49. The lowest BCUT2D eigenvalue weighted by Crippen LogP contribution is -2.30. The molecular formula is C18H14F3NO4. The summed E-state index contributed by atoms with van der Waals surface area (Å²) in [5, 5.41) is 2.37. The van der Waals surface area contributed by atoms with Crippen LogP contribution >= 0.6 is 0 Å². The Morgan fingerprint density at radius 2 is 1.62 bits per heavy atom. The third kappa shape index (κ3) is 4.92. The quantitative estimate of drug-likeness (QED) is 0.648. The van der Waals surface area contributed by atoms with Crippen molar-refractivity contribution in [2.45, 2.75) is 19.2 Å². The number of nitrogens with one attached hydrogen (secondary N) is 1. The van der Waals surface area contributed by atoms with Crippen LogP contribution in [-0.4, -0.2) is 24.3 Å². The average Bonchev–Trinajstić information content (AvgIpc) is 2.61. The summed E-state index contributed by atoms with van der Waals surface area (Å²) in [6.07, 6.45) is -5.02. The van der Waals surface area contributed by atoms with Gasteiger partial charge < -0.3 is 10.1 Å². The van der Waals surface area contributed by atoms with Crippen LogP contribution in [0.2, 0.25) is 0 Å². The van der Waals surface area contributed by atoms with Gasteiger partial charge in [0, 0.05) is 11.3 Å². The molecule has 0 heterocycles. The summed E-state index contributed by atoms with van der Waals surface area (Å²) in [5.74, 6) is -1.46. The molecule has 0 fully saturated rings. The van der Waals surface area contributed by atoms with Crippen LogP contribution in [-0.2, 0) is 15.7 Å². The van der Waals surface area contributed by atoms with Crippen LogP contribution in [0.3, 0.4) is 0 Å². The van der Waals surface area contributed by atoms with E-state index >= 15 is 0 Å². The lowest BCUT2D eigenvalue weighted by Gasteiger charge is -2.14. The van der Waals surface area contributed by atoms with Gasteiger partial charge in [-0.05, 0) is 43.3 Å². The molecule has 0 aliphatic rings. The smallest absolute Gasteiger partial charge is 0.416 e. The maximum absolute atomic E-state index is 12.5. The Morgan fingerprint density at radius 1 is 1.04 bits per heavy atom. The zero-order valence-electron chi connectivity index (χ0n) is 13.5. The zero-order chi connectivity index (χ0) is 19.3. The molecule has 136 valence electrons. The molecule has 0 bridgehead atoms. The summed E-state index contributed by atoms with van der Waals surface area (Å²) in [6.45, 7) is 1.33. The third-order valence-electron chi connectivity index (χ3n) is 3.42. The molecule has 0 saturated carbocycles. The Bertz CT molecular complexity index is 799. The molecule has 1 atom stereocenters. The number of carbonyl (C=O) groups is 3. The summed E-state index contributed by atoms with van der Waals surface area (Å²) in [7, 11) is 0. The van der Waals surface area contributed by atoms with Gasteiger partial charge in [0.15, 0.2) is 6.10 Å². The van der Waals surface area contributed by atoms with Gasteiger partial charge in [0.25, 0.3) is 5.91 Å². The second-order valence-corrected chi connectivity index (χ2v) is 5.35. The Morgan fingerprint density at radius 3 is 2.12 bits per heavy atom. The van der Waals surface area contributed by atoms with Crippen molar-refractivity contribution in [2.75, 3.05) is 5.32 Å². The number of esters is 1. The predicted molar refractivity (Wildman–Crippen MR) is 86.8 cm³/mol. The van der Waals surface area contributed by atoms with Gasteiger partial charge >= 0.3 is 12.1 Å². The van der Waals surface area contributed by atoms with Crippen molar-refractivity contribution in [3.63, 3.8) is 0 Å². The molecule has 0 aromatic heterocycles. The van der Waals surface area contributed by atoms with Gasteiger partial charge in [-0.2, -0.15) is 13.2 Å². The second-order valence-electron chi connectivity index (χ2n) is 5.35. The Hall–Kier alpha value is -3.16. The van der Waals surface area contributed by atoms with Gasteiger partial charge in [0.05, 0.1) is 11.1 Å². The average molecular weight is 365 g/mol. The number of carbonyl (C=O) groups excluding carboxylic acids is 3. The summed E-state index contributed by atoms with van der Waals surface area (Å²) in [4.78, 5) is 34.5. The van der Waals surface area contributed by atoms with Crippen LogP contribution < -0.4 is 5.32 Å². The summed E-state index contributed by atoms with van der Waals surface area (Å²) >= 11 is 0. The van der Waals surface area contributed by atoms with E-state index in [1.165, 1.54) is 31.2 Å². The van der Waals surface area contributed by atoms with Gasteiger partial charge in [-0.3, -0.25) is 9.59 Å². The monoisotopic (exact) mass is 365 g/mol. The number of anilines is 1. The van der Waals surface area contributed by atoms with E-state index in [0.717, 1.165) is 24.3 Å². The summed E-state index contributed by atoms with van der Waals surface area (Å²) in [5.41, 5.74) is -0.158. The van der Waals surface area contributed by atoms with E-state index in [0.29, 0.717) is 11.8 Å². The van der Waals surface area contributed by atoms with Crippen LogP contribution in [0, 0.1) is 0 Å². The standard InChI is InChI=1S/C18H14F3NO4/c1-11(26-17(25)13-4-2-12(10-23)3-5-13)16(24)22-15-8-6-14(7-9-15)18(19,20)21/h2-11H,1H3,(H,22,24)/t11-/m0/s1. The highest BCUT2D eigenvalue weighted by atomic mass is 19.4. The first-order valence-electron chi connectivity index (χ1n) is 7.45. The van der Waals surface area contributed by atoms with Crippen LogP contribution in [0.5, 0.6) is 0 Å². The molecule has 26 heavy (non-hydrogen) atoms. The van der Waals surface area contributed by atoms with E-state index < -0.39 is 29.7 Å².